The second kappa shape index (κ2) is 11.3. The minimum Gasteiger partial charge on any atom is -0.507 e. The Morgan fingerprint density at radius 2 is 1.75 bits per heavy atom. The zero-order valence-electron chi connectivity index (χ0n) is 22.1. The van der Waals surface area contributed by atoms with E-state index in [4.69, 9.17) is 9.47 Å². The number of aliphatic hydroxyl groups excluding tert-OH is 1. The molecule has 1 fully saturated rings. The van der Waals surface area contributed by atoms with Crippen LogP contribution in [0.2, 0.25) is 0 Å². The van der Waals surface area contributed by atoms with E-state index in [9.17, 15) is 19.8 Å². The lowest BCUT2D eigenvalue weighted by atomic mass is 9.93. The summed E-state index contributed by atoms with van der Waals surface area (Å²) in [6.07, 6.45) is 3.24. The third-order valence-corrected chi connectivity index (χ3v) is 6.84. The molecule has 1 aliphatic heterocycles. The number of likely N-dealkylation sites (tertiary alicyclic amines) is 1. The Labute approximate surface area is 231 Å². The molecule has 1 atom stereocenters. The molecule has 5 rings (SSSR count). The van der Waals surface area contributed by atoms with Gasteiger partial charge in [-0.1, -0.05) is 42.5 Å². The summed E-state index contributed by atoms with van der Waals surface area (Å²) in [5.74, 6) is -1.14. The number of aryl methyl sites for hydroxylation is 1. The number of aliphatic hydroxyl groups is 1. The first kappa shape index (κ1) is 26.5. The van der Waals surface area contributed by atoms with Gasteiger partial charge in [-0.2, -0.15) is 0 Å². The fourth-order valence-corrected chi connectivity index (χ4v) is 4.82. The quantitative estimate of drug-likeness (QED) is 0.179. The predicted molar refractivity (Wildman–Crippen MR) is 149 cm³/mol. The van der Waals surface area contributed by atoms with E-state index in [1.165, 1.54) is 18.1 Å². The summed E-state index contributed by atoms with van der Waals surface area (Å²) in [6, 6.07) is 22.1. The first-order valence-electron chi connectivity index (χ1n) is 12.7. The minimum atomic E-state index is -0.928. The van der Waals surface area contributed by atoms with Crippen molar-refractivity contribution in [2.45, 2.75) is 26.1 Å². The SMILES string of the molecule is COc1cc([C@@H]2/C(=C(\O)c3ccc(OCc4ccccc4)cc3C)C(=O)C(=O)N2Cc2cccnc2)ccc1O. The van der Waals surface area contributed by atoms with Crippen LogP contribution < -0.4 is 9.47 Å². The molecule has 1 amide bonds. The highest BCUT2D eigenvalue weighted by Crippen LogP contribution is 2.43. The second-order valence-electron chi connectivity index (χ2n) is 9.47. The number of amides is 1. The van der Waals surface area contributed by atoms with E-state index < -0.39 is 17.7 Å². The Hall–Kier alpha value is -5.11. The van der Waals surface area contributed by atoms with Crippen LogP contribution in [0.1, 0.15) is 33.9 Å². The summed E-state index contributed by atoms with van der Waals surface area (Å²) in [5, 5.41) is 21.7. The highest BCUT2D eigenvalue weighted by molar-refractivity contribution is 6.46. The number of ketones is 1. The van der Waals surface area contributed by atoms with E-state index in [-0.39, 0.29) is 29.4 Å². The van der Waals surface area contributed by atoms with Gasteiger partial charge >= 0.3 is 0 Å². The van der Waals surface area contributed by atoms with Crippen LogP contribution in [-0.4, -0.2) is 38.9 Å². The summed E-state index contributed by atoms with van der Waals surface area (Å²) in [6.45, 7) is 2.27. The summed E-state index contributed by atoms with van der Waals surface area (Å²) in [7, 11) is 1.41. The van der Waals surface area contributed by atoms with E-state index in [2.05, 4.69) is 4.98 Å². The van der Waals surface area contributed by atoms with Crippen LogP contribution in [0.3, 0.4) is 0 Å². The van der Waals surface area contributed by atoms with Crippen LogP contribution in [0.5, 0.6) is 17.2 Å². The number of carbonyl (C=O) groups is 2. The standard InChI is InChI=1S/C32H28N2O6/c1-20-15-24(40-19-21-7-4-3-5-8-21)11-12-25(20)30(36)28-29(23-10-13-26(35)27(16-23)39-2)34(32(38)31(28)37)18-22-9-6-14-33-17-22/h3-17,29,35-36H,18-19H2,1-2H3/b30-28+/t29-/m1/s1. The van der Waals surface area contributed by atoms with Gasteiger partial charge in [0, 0.05) is 24.5 Å². The van der Waals surface area contributed by atoms with Gasteiger partial charge in [-0.05, 0) is 65.6 Å². The van der Waals surface area contributed by atoms with Crippen LogP contribution in [0, 0.1) is 6.92 Å². The molecule has 1 aromatic heterocycles. The summed E-state index contributed by atoms with van der Waals surface area (Å²) >= 11 is 0. The number of aromatic hydroxyl groups is 1. The van der Waals surface area contributed by atoms with Gasteiger partial charge in [0.15, 0.2) is 11.5 Å². The number of methoxy groups -OCH3 is 1. The van der Waals surface area contributed by atoms with Crippen molar-refractivity contribution in [2.24, 2.45) is 0 Å². The fraction of sp³-hybridized carbons (Fsp3) is 0.156. The van der Waals surface area contributed by atoms with Crippen LogP contribution in [0.25, 0.3) is 5.76 Å². The average Bonchev–Trinajstić information content (AvgIpc) is 3.22. The van der Waals surface area contributed by atoms with Crippen molar-refractivity contribution >= 4 is 17.4 Å². The molecule has 0 unspecified atom stereocenters. The van der Waals surface area contributed by atoms with Crippen LogP contribution >= 0.6 is 0 Å². The molecule has 202 valence electrons. The first-order chi connectivity index (χ1) is 19.4. The van der Waals surface area contributed by atoms with E-state index in [0.29, 0.717) is 29.0 Å². The normalized spacial score (nSPS) is 16.2. The highest BCUT2D eigenvalue weighted by atomic mass is 16.5. The molecule has 40 heavy (non-hydrogen) atoms. The summed E-state index contributed by atoms with van der Waals surface area (Å²) in [5.41, 5.74) is 3.26. The molecule has 0 spiro atoms. The van der Waals surface area contributed by atoms with Gasteiger partial charge in [0.25, 0.3) is 11.7 Å². The molecule has 1 saturated heterocycles. The number of pyridine rings is 1. The maximum atomic E-state index is 13.4. The van der Waals surface area contributed by atoms with E-state index in [1.807, 2.05) is 30.3 Å². The molecule has 0 saturated carbocycles. The van der Waals surface area contributed by atoms with Crippen molar-refractivity contribution in [3.8, 4) is 17.2 Å². The average molecular weight is 537 g/mol. The Balaban J connectivity index is 1.55. The molecule has 3 aromatic carbocycles. The van der Waals surface area contributed by atoms with Crippen LogP contribution in [0.15, 0.2) is 96.8 Å². The third-order valence-electron chi connectivity index (χ3n) is 6.84. The Kier molecular flexibility index (Phi) is 7.50. The number of nitrogens with zero attached hydrogens (tertiary/aromatic N) is 2. The molecule has 0 bridgehead atoms. The van der Waals surface area contributed by atoms with Crippen molar-refractivity contribution in [3.05, 3.63) is 125 Å². The van der Waals surface area contributed by atoms with Gasteiger partial charge in [0.05, 0.1) is 18.7 Å². The smallest absolute Gasteiger partial charge is 0.295 e. The molecular formula is C32H28N2O6. The van der Waals surface area contributed by atoms with Crippen molar-refractivity contribution in [3.63, 3.8) is 0 Å². The topological polar surface area (TPSA) is 109 Å². The van der Waals surface area contributed by atoms with Gasteiger partial charge in [-0.15, -0.1) is 0 Å². The molecule has 2 heterocycles. The molecule has 1 aliphatic rings. The number of hydrogen-bond donors (Lipinski definition) is 2. The number of hydrogen-bond acceptors (Lipinski definition) is 7. The van der Waals surface area contributed by atoms with Gasteiger partial charge in [0.1, 0.15) is 18.1 Å². The lowest BCUT2D eigenvalue weighted by Crippen LogP contribution is -2.29. The number of benzene rings is 3. The van der Waals surface area contributed by atoms with Crippen molar-refractivity contribution in [2.75, 3.05) is 7.11 Å². The van der Waals surface area contributed by atoms with Gasteiger partial charge in [-0.3, -0.25) is 14.6 Å². The number of rotatable bonds is 8. The zero-order chi connectivity index (χ0) is 28.2. The third kappa shape index (κ3) is 5.24. The number of ether oxygens (including phenoxy) is 2. The predicted octanol–water partition coefficient (Wildman–Crippen LogP) is 5.31. The molecule has 0 radical (unpaired) electrons. The maximum absolute atomic E-state index is 13.4. The highest BCUT2D eigenvalue weighted by Gasteiger charge is 2.46. The molecule has 8 nitrogen and oxygen atoms in total. The largest absolute Gasteiger partial charge is 0.507 e. The number of phenolic OH excluding ortho intramolecular Hbond substituents is 1. The lowest BCUT2D eigenvalue weighted by Gasteiger charge is -2.26. The van der Waals surface area contributed by atoms with Gasteiger partial charge in [0.2, 0.25) is 0 Å². The maximum Gasteiger partial charge on any atom is 0.295 e. The van der Waals surface area contributed by atoms with Crippen molar-refractivity contribution in [1.29, 1.82) is 0 Å². The number of aromatic nitrogens is 1. The van der Waals surface area contributed by atoms with E-state index in [0.717, 1.165) is 11.1 Å². The fourth-order valence-electron chi connectivity index (χ4n) is 4.82. The molecule has 0 aliphatic carbocycles. The lowest BCUT2D eigenvalue weighted by molar-refractivity contribution is -0.140. The van der Waals surface area contributed by atoms with E-state index in [1.54, 1.807) is 61.8 Å². The van der Waals surface area contributed by atoms with Crippen LogP contribution in [0.4, 0.5) is 0 Å². The zero-order valence-corrected chi connectivity index (χ0v) is 22.1. The Morgan fingerprint density at radius 1 is 0.975 bits per heavy atom. The van der Waals surface area contributed by atoms with Crippen LogP contribution in [-0.2, 0) is 22.7 Å². The number of carbonyl (C=O) groups excluding carboxylic acids is 2. The first-order valence-corrected chi connectivity index (χ1v) is 12.7. The number of phenols is 1. The molecule has 2 N–H and O–H groups in total. The second-order valence-corrected chi connectivity index (χ2v) is 9.47. The summed E-state index contributed by atoms with van der Waals surface area (Å²) in [4.78, 5) is 32.3. The van der Waals surface area contributed by atoms with E-state index >= 15 is 0 Å². The summed E-state index contributed by atoms with van der Waals surface area (Å²) < 4.78 is 11.2. The Morgan fingerprint density at radius 3 is 2.45 bits per heavy atom. The Bertz CT molecular complexity index is 1580. The monoisotopic (exact) mass is 536 g/mol. The van der Waals surface area contributed by atoms with Gasteiger partial charge < -0.3 is 24.6 Å². The molecular weight excluding hydrogens is 508 g/mol. The number of Topliss-reactive ketones (excluding diaryl/α,β-unsaturated/α-hetero) is 1. The van der Waals surface area contributed by atoms with Gasteiger partial charge in [-0.25, -0.2) is 0 Å². The minimum absolute atomic E-state index is 0.0531. The molecule has 4 aromatic rings. The van der Waals surface area contributed by atoms with Crippen molar-refractivity contribution < 1.29 is 29.3 Å². The molecule has 8 heteroatoms. The van der Waals surface area contributed by atoms with Crippen molar-refractivity contribution in [1.82, 2.24) is 9.88 Å².